The van der Waals surface area contributed by atoms with E-state index in [4.69, 9.17) is 15.6 Å². The van der Waals surface area contributed by atoms with Crippen LogP contribution in [0.15, 0.2) is 0 Å². The number of aliphatic carboxylic acids is 1. The van der Waals surface area contributed by atoms with Crippen molar-refractivity contribution in [1.82, 2.24) is 0 Å². The molecule has 0 fully saturated rings. The number of ether oxygens (including phenoxy) is 1. The average molecular weight is 271 g/mol. The molecule has 0 saturated carbocycles. The topological polar surface area (TPSA) is 72.5 Å². The summed E-state index contributed by atoms with van der Waals surface area (Å²) in [6.07, 6.45) is -4.65. The SMILES string of the molecule is CC(COCCC(F)(F)F)C[C@H](CN)CC(=O)O. The Morgan fingerprint density at radius 2 is 2.06 bits per heavy atom. The second-order valence-electron chi connectivity index (χ2n) is 4.48. The number of hydrogen-bond acceptors (Lipinski definition) is 3. The third kappa shape index (κ3) is 10.3. The van der Waals surface area contributed by atoms with Crippen LogP contribution in [-0.4, -0.2) is 37.0 Å². The quantitative estimate of drug-likeness (QED) is 0.629. The molecule has 0 aromatic rings. The van der Waals surface area contributed by atoms with Crippen molar-refractivity contribution in [3.05, 3.63) is 0 Å². The molecule has 0 aromatic carbocycles. The van der Waals surface area contributed by atoms with Gasteiger partial charge in [0.05, 0.1) is 13.0 Å². The maximum atomic E-state index is 11.8. The summed E-state index contributed by atoms with van der Waals surface area (Å²) in [6.45, 7) is 1.88. The molecule has 4 nitrogen and oxygen atoms in total. The zero-order chi connectivity index (χ0) is 14.2. The van der Waals surface area contributed by atoms with Crippen LogP contribution < -0.4 is 5.73 Å². The van der Waals surface area contributed by atoms with Crippen LogP contribution in [0.4, 0.5) is 13.2 Å². The Balaban J connectivity index is 3.75. The summed E-state index contributed by atoms with van der Waals surface area (Å²) in [5.41, 5.74) is 5.43. The van der Waals surface area contributed by atoms with Gasteiger partial charge in [0.1, 0.15) is 0 Å². The highest BCUT2D eigenvalue weighted by molar-refractivity contribution is 5.67. The summed E-state index contributed by atoms with van der Waals surface area (Å²) in [7, 11) is 0. The van der Waals surface area contributed by atoms with Crippen LogP contribution in [-0.2, 0) is 9.53 Å². The Hall–Kier alpha value is -0.820. The van der Waals surface area contributed by atoms with E-state index in [1.165, 1.54) is 0 Å². The lowest BCUT2D eigenvalue weighted by Gasteiger charge is -2.18. The first kappa shape index (κ1) is 17.2. The van der Waals surface area contributed by atoms with Crippen LogP contribution in [0.5, 0.6) is 0 Å². The number of nitrogens with two attached hydrogens (primary N) is 1. The van der Waals surface area contributed by atoms with Gasteiger partial charge in [-0.15, -0.1) is 0 Å². The normalized spacial score (nSPS) is 15.4. The highest BCUT2D eigenvalue weighted by atomic mass is 19.4. The van der Waals surface area contributed by atoms with Crippen molar-refractivity contribution in [2.75, 3.05) is 19.8 Å². The van der Waals surface area contributed by atoms with Gasteiger partial charge in [-0.25, -0.2) is 0 Å². The molecule has 0 heterocycles. The van der Waals surface area contributed by atoms with E-state index in [-0.39, 0.29) is 38.0 Å². The largest absolute Gasteiger partial charge is 0.481 e. The van der Waals surface area contributed by atoms with Crippen LogP contribution in [0.2, 0.25) is 0 Å². The summed E-state index contributed by atoms with van der Waals surface area (Å²) >= 11 is 0. The molecular formula is C11H20F3NO3. The summed E-state index contributed by atoms with van der Waals surface area (Å²) in [6, 6.07) is 0. The minimum atomic E-state index is -4.20. The van der Waals surface area contributed by atoms with Gasteiger partial charge in [-0.1, -0.05) is 6.92 Å². The highest BCUT2D eigenvalue weighted by Crippen LogP contribution is 2.20. The van der Waals surface area contributed by atoms with Gasteiger partial charge in [0.15, 0.2) is 0 Å². The smallest absolute Gasteiger partial charge is 0.391 e. The van der Waals surface area contributed by atoms with E-state index in [0.717, 1.165) is 0 Å². The van der Waals surface area contributed by atoms with E-state index in [9.17, 15) is 18.0 Å². The minimum Gasteiger partial charge on any atom is -0.481 e. The third-order valence-corrected chi connectivity index (χ3v) is 2.46. The standard InChI is InChI=1S/C11H20F3NO3/c1-8(4-9(6-15)5-10(16)17)7-18-3-2-11(12,13)14/h8-9H,2-7,15H2,1H3,(H,16,17)/t8?,9-/m0/s1. The molecule has 0 radical (unpaired) electrons. The molecule has 0 rings (SSSR count). The third-order valence-electron chi connectivity index (χ3n) is 2.46. The Morgan fingerprint density at radius 3 is 2.50 bits per heavy atom. The Labute approximate surface area is 104 Å². The monoisotopic (exact) mass is 271 g/mol. The highest BCUT2D eigenvalue weighted by Gasteiger charge is 2.26. The van der Waals surface area contributed by atoms with Crippen molar-refractivity contribution in [2.45, 2.75) is 32.4 Å². The molecule has 3 N–H and O–H groups in total. The van der Waals surface area contributed by atoms with Crippen molar-refractivity contribution in [3.8, 4) is 0 Å². The Bertz CT molecular complexity index is 246. The van der Waals surface area contributed by atoms with Crippen molar-refractivity contribution in [3.63, 3.8) is 0 Å². The molecule has 1 unspecified atom stereocenters. The lowest BCUT2D eigenvalue weighted by atomic mass is 9.94. The number of carbonyl (C=O) groups is 1. The fourth-order valence-electron chi connectivity index (χ4n) is 1.62. The van der Waals surface area contributed by atoms with Crippen molar-refractivity contribution in [2.24, 2.45) is 17.6 Å². The summed E-state index contributed by atoms with van der Waals surface area (Å²) < 4.78 is 40.4. The fraction of sp³-hybridized carbons (Fsp3) is 0.909. The number of alkyl halides is 3. The number of carboxylic acids is 1. The van der Waals surface area contributed by atoms with E-state index >= 15 is 0 Å². The van der Waals surface area contributed by atoms with Gasteiger partial charge in [0, 0.05) is 13.0 Å². The maximum absolute atomic E-state index is 11.8. The molecule has 2 atom stereocenters. The zero-order valence-corrected chi connectivity index (χ0v) is 10.4. The summed E-state index contributed by atoms with van der Waals surface area (Å²) in [5.74, 6) is -1.09. The van der Waals surface area contributed by atoms with Gasteiger partial charge in [-0.2, -0.15) is 13.2 Å². The number of hydrogen-bond donors (Lipinski definition) is 2. The number of rotatable bonds is 9. The van der Waals surface area contributed by atoms with Crippen LogP contribution >= 0.6 is 0 Å². The molecule has 108 valence electrons. The number of carboxylic acid groups (broad SMARTS) is 1. The Morgan fingerprint density at radius 1 is 1.44 bits per heavy atom. The van der Waals surface area contributed by atoms with Gasteiger partial charge in [0.25, 0.3) is 0 Å². The predicted octanol–water partition coefficient (Wildman–Crippen LogP) is 2.03. The molecule has 0 bridgehead atoms. The minimum absolute atomic E-state index is 0.00821. The molecule has 0 aromatic heterocycles. The van der Waals surface area contributed by atoms with E-state index < -0.39 is 18.6 Å². The first-order valence-electron chi connectivity index (χ1n) is 5.81. The van der Waals surface area contributed by atoms with Gasteiger partial charge in [0.2, 0.25) is 0 Å². The molecule has 0 saturated heterocycles. The molecule has 7 heteroatoms. The van der Waals surface area contributed by atoms with Crippen molar-refractivity contribution < 1.29 is 27.8 Å². The first-order valence-corrected chi connectivity index (χ1v) is 5.81. The van der Waals surface area contributed by atoms with E-state index in [0.29, 0.717) is 6.42 Å². The molecule has 0 amide bonds. The van der Waals surface area contributed by atoms with Gasteiger partial charge >= 0.3 is 12.1 Å². The molecule has 18 heavy (non-hydrogen) atoms. The van der Waals surface area contributed by atoms with Crippen LogP contribution in [0.25, 0.3) is 0 Å². The van der Waals surface area contributed by atoms with Gasteiger partial charge < -0.3 is 15.6 Å². The molecule has 0 aliphatic rings. The maximum Gasteiger partial charge on any atom is 0.391 e. The van der Waals surface area contributed by atoms with Crippen LogP contribution in [0.3, 0.4) is 0 Å². The fourth-order valence-corrected chi connectivity index (χ4v) is 1.62. The lowest BCUT2D eigenvalue weighted by molar-refractivity contribution is -0.146. The summed E-state index contributed by atoms with van der Waals surface area (Å²) in [5, 5.41) is 8.62. The van der Waals surface area contributed by atoms with Gasteiger partial charge in [-0.3, -0.25) is 4.79 Å². The zero-order valence-electron chi connectivity index (χ0n) is 10.4. The molecule has 0 aliphatic heterocycles. The predicted molar refractivity (Wildman–Crippen MR) is 60.1 cm³/mol. The molecular weight excluding hydrogens is 251 g/mol. The van der Waals surface area contributed by atoms with E-state index in [1.807, 2.05) is 0 Å². The van der Waals surface area contributed by atoms with Gasteiger partial charge in [-0.05, 0) is 24.8 Å². The van der Waals surface area contributed by atoms with E-state index in [1.54, 1.807) is 6.92 Å². The first-order chi connectivity index (χ1) is 8.24. The van der Waals surface area contributed by atoms with Crippen molar-refractivity contribution in [1.29, 1.82) is 0 Å². The van der Waals surface area contributed by atoms with Crippen molar-refractivity contribution >= 4 is 5.97 Å². The van der Waals surface area contributed by atoms with E-state index in [2.05, 4.69) is 0 Å². The average Bonchev–Trinajstić information content (AvgIpc) is 2.21. The van der Waals surface area contributed by atoms with Crippen LogP contribution in [0, 0.1) is 11.8 Å². The lowest BCUT2D eigenvalue weighted by Crippen LogP contribution is -2.22. The number of halogens is 3. The second-order valence-corrected chi connectivity index (χ2v) is 4.48. The molecule has 0 aliphatic carbocycles. The van der Waals surface area contributed by atoms with Crippen LogP contribution in [0.1, 0.15) is 26.2 Å². The summed E-state index contributed by atoms with van der Waals surface area (Å²) in [4.78, 5) is 10.5. The molecule has 0 spiro atoms. The second kappa shape index (κ2) is 8.31. The Kier molecular flexibility index (Phi) is 7.93.